The molecule has 16 heavy (non-hydrogen) atoms. The van der Waals surface area contributed by atoms with Crippen LogP contribution in [0.5, 0.6) is 0 Å². The average Bonchev–Trinajstić information content (AvgIpc) is 2.25. The summed E-state index contributed by atoms with van der Waals surface area (Å²) in [6.45, 7) is 3.32. The third-order valence-corrected chi connectivity index (χ3v) is 2.04. The Labute approximate surface area is 92.7 Å². The van der Waals surface area contributed by atoms with Gasteiger partial charge in [0.2, 0.25) is 5.69 Å². The molecule has 84 valence electrons. The molecule has 0 N–H and O–H groups in total. The molecule has 0 saturated heterocycles. The van der Waals surface area contributed by atoms with Crippen LogP contribution in [0, 0.1) is 23.5 Å². The number of ether oxygens (including phenoxy) is 1. The lowest BCUT2D eigenvalue weighted by molar-refractivity contribution is -0.613. The lowest BCUT2D eigenvalue weighted by atomic mass is 10.1. The van der Waals surface area contributed by atoms with Crippen molar-refractivity contribution in [1.29, 1.82) is 5.26 Å². The van der Waals surface area contributed by atoms with Gasteiger partial charge in [0.25, 0.3) is 0 Å². The van der Waals surface area contributed by atoms with E-state index in [1.807, 2.05) is 0 Å². The second kappa shape index (κ2) is 5.07. The molecule has 0 aromatic carbocycles. The highest BCUT2D eigenvalue weighted by Crippen LogP contribution is 2.15. The van der Waals surface area contributed by atoms with Crippen LogP contribution in [0.15, 0.2) is 12.4 Å². The van der Waals surface area contributed by atoms with E-state index < -0.39 is 11.9 Å². The zero-order chi connectivity index (χ0) is 12.1. The van der Waals surface area contributed by atoms with Crippen molar-refractivity contribution in [2.24, 2.45) is 0 Å². The number of nitriles is 1. The third-order valence-electron chi connectivity index (χ3n) is 2.04. The molecule has 0 amide bonds. The maximum atomic E-state index is 11.4. The first-order valence-corrected chi connectivity index (χ1v) is 4.72. The van der Waals surface area contributed by atoms with E-state index in [2.05, 4.69) is 4.98 Å². The van der Waals surface area contributed by atoms with Crippen LogP contribution in [0.25, 0.3) is 0 Å². The normalized spacial score (nSPS) is 11.6. The van der Waals surface area contributed by atoms with Gasteiger partial charge in [-0.1, -0.05) is 0 Å². The first-order chi connectivity index (χ1) is 7.61. The molecule has 0 bridgehead atoms. The molecule has 0 saturated carbocycles. The fourth-order valence-electron chi connectivity index (χ4n) is 1.23. The van der Waals surface area contributed by atoms with Gasteiger partial charge in [-0.05, 0) is 6.92 Å². The Morgan fingerprint density at radius 2 is 2.50 bits per heavy atom. The Morgan fingerprint density at radius 1 is 1.81 bits per heavy atom. The van der Waals surface area contributed by atoms with E-state index in [1.54, 1.807) is 13.0 Å². The van der Waals surface area contributed by atoms with E-state index in [-0.39, 0.29) is 18.0 Å². The van der Waals surface area contributed by atoms with Gasteiger partial charge in [0.05, 0.1) is 18.9 Å². The molecule has 6 heteroatoms. The summed E-state index contributed by atoms with van der Waals surface area (Å²) < 4.78 is 5.29. The summed E-state index contributed by atoms with van der Waals surface area (Å²) in [5.74, 6) is -1.84. The summed E-state index contributed by atoms with van der Waals surface area (Å²) in [5, 5.41) is 20.1. The van der Waals surface area contributed by atoms with E-state index in [0.29, 0.717) is 4.73 Å². The predicted octanol–water partition coefficient (Wildman–Crippen LogP) is 0.194. The smallest absolute Gasteiger partial charge is 0.329 e. The van der Waals surface area contributed by atoms with Crippen LogP contribution in [0.1, 0.15) is 24.2 Å². The van der Waals surface area contributed by atoms with Gasteiger partial charge in [-0.25, -0.2) is 4.98 Å². The first kappa shape index (κ1) is 11.9. The number of hydrogen-bond donors (Lipinski definition) is 0. The topological polar surface area (TPSA) is 89.9 Å². The van der Waals surface area contributed by atoms with E-state index in [1.165, 1.54) is 19.3 Å². The van der Waals surface area contributed by atoms with Crippen molar-refractivity contribution < 1.29 is 14.3 Å². The van der Waals surface area contributed by atoms with E-state index in [0.717, 1.165) is 0 Å². The summed E-state index contributed by atoms with van der Waals surface area (Å²) in [6, 6.07) is 1.78. The summed E-state index contributed by atoms with van der Waals surface area (Å²) in [5.41, 5.74) is 0.362. The van der Waals surface area contributed by atoms with Crippen LogP contribution in [0.4, 0.5) is 0 Å². The van der Waals surface area contributed by atoms with E-state index >= 15 is 0 Å². The molecule has 1 atom stereocenters. The molecule has 0 fully saturated rings. The molecule has 1 aromatic rings. The van der Waals surface area contributed by atoms with Crippen LogP contribution in [0.3, 0.4) is 0 Å². The Bertz CT molecular complexity index is 439. The van der Waals surface area contributed by atoms with Crippen LogP contribution >= 0.6 is 0 Å². The predicted molar refractivity (Wildman–Crippen MR) is 52.9 cm³/mol. The average molecular weight is 221 g/mol. The number of hydrogen-bond acceptors (Lipinski definition) is 5. The van der Waals surface area contributed by atoms with Crippen LogP contribution < -0.4 is 4.73 Å². The SMILES string of the molecule is CCOC(=O)[C@@H](C#N)c1ncc[n+]([O-])c1C. The molecular weight excluding hydrogens is 210 g/mol. The van der Waals surface area contributed by atoms with Crippen molar-refractivity contribution >= 4 is 5.97 Å². The largest absolute Gasteiger partial charge is 0.618 e. The van der Waals surface area contributed by atoms with Gasteiger partial charge in [0.1, 0.15) is 5.69 Å². The minimum Gasteiger partial charge on any atom is -0.618 e. The minimum atomic E-state index is -1.15. The van der Waals surface area contributed by atoms with Gasteiger partial charge in [-0.15, -0.1) is 0 Å². The number of carbonyl (C=O) groups is 1. The van der Waals surface area contributed by atoms with Gasteiger partial charge < -0.3 is 9.94 Å². The maximum absolute atomic E-state index is 11.4. The van der Waals surface area contributed by atoms with Gasteiger partial charge >= 0.3 is 5.97 Å². The van der Waals surface area contributed by atoms with Crippen molar-refractivity contribution in [3.8, 4) is 6.07 Å². The Kier molecular flexibility index (Phi) is 3.78. The van der Waals surface area contributed by atoms with Gasteiger partial charge in [-0.2, -0.15) is 9.99 Å². The van der Waals surface area contributed by atoms with E-state index in [9.17, 15) is 10.0 Å². The van der Waals surface area contributed by atoms with E-state index in [4.69, 9.17) is 10.00 Å². The first-order valence-electron chi connectivity index (χ1n) is 4.72. The quantitative estimate of drug-likeness (QED) is 0.413. The molecule has 0 radical (unpaired) electrons. The molecule has 0 unspecified atom stereocenters. The molecule has 0 aliphatic rings. The van der Waals surface area contributed by atoms with Crippen LogP contribution in [-0.4, -0.2) is 17.6 Å². The minimum absolute atomic E-state index is 0.137. The maximum Gasteiger partial charge on any atom is 0.329 e. The van der Waals surface area contributed by atoms with Gasteiger partial charge in [0.15, 0.2) is 12.1 Å². The van der Waals surface area contributed by atoms with Crippen molar-refractivity contribution in [2.45, 2.75) is 19.8 Å². The molecule has 0 aliphatic heterocycles. The van der Waals surface area contributed by atoms with Crippen molar-refractivity contribution in [1.82, 2.24) is 4.98 Å². The van der Waals surface area contributed by atoms with Gasteiger partial charge in [-0.3, -0.25) is 4.79 Å². The summed E-state index contributed by atoms with van der Waals surface area (Å²) in [7, 11) is 0. The number of carbonyl (C=O) groups excluding carboxylic acids is 1. The molecule has 1 rings (SSSR count). The van der Waals surface area contributed by atoms with Crippen LogP contribution in [-0.2, 0) is 9.53 Å². The Morgan fingerprint density at radius 3 is 3.06 bits per heavy atom. The molecule has 1 aromatic heterocycles. The second-order valence-corrected chi connectivity index (χ2v) is 3.04. The number of aromatic nitrogens is 2. The number of esters is 1. The highest BCUT2D eigenvalue weighted by atomic mass is 16.5. The zero-order valence-electron chi connectivity index (χ0n) is 9.01. The Hall–Kier alpha value is -2.16. The summed E-state index contributed by atoms with van der Waals surface area (Å²) in [6.07, 6.45) is 2.46. The van der Waals surface area contributed by atoms with Crippen molar-refractivity contribution in [3.63, 3.8) is 0 Å². The third kappa shape index (κ3) is 2.25. The molecule has 0 aliphatic carbocycles. The van der Waals surface area contributed by atoms with Gasteiger partial charge in [0, 0.05) is 6.92 Å². The summed E-state index contributed by atoms with van der Waals surface area (Å²) >= 11 is 0. The number of nitrogens with zero attached hydrogens (tertiary/aromatic N) is 3. The van der Waals surface area contributed by atoms with Crippen molar-refractivity contribution in [2.75, 3.05) is 6.61 Å². The molecular formula is C10H11N3O3. The highest BCUT2D eigenvalue weighted by molar-refractivity contribution is 5.80. The molecule has 6 nitrogen and oxygen atoms in total. The summed E-state index contributed by atoms with van der Waals surface area (Å²) in [4.78, 5) is 15.3. The fourth-order valence-corrected chi connectivity index (χ4v) is 1.23. The Balaban J connectivity index is 3.10. The number of rotatable bonds is 3. The van der Waals surface area contributed by atoms with Crippen molar-refractivity contribution in [3.05, 3.63) is 29.0 Å². The van der Waals surface area contributed by atoms with Crippen LogP contribution in [0.2, 0.25) is 0 Å². The highest BCUT2D eigenvalue weighted by Gasteiger charge is 2.28. The lowest BCUT2D eigenvalue weighted by Crippen LogP contribution is -2.33. The standard InChI is InChI=1S/C10H11N3O3/c1-3-16-10(14)8(6-11)9-7(2)13(15)5-4-12-9/h4-5,8H,3H2,1-2H3/t8-/m0/s1. The second-order valence-electron chi connectivity index (χ2n) is 3.04. The zero-order valence-corrected chi connectivity index (χ0v) is 9.01. The molecule has 0 spiro atoms. The fraction of sp³-hybridized carbons (Fsp3) is 0.400. The monoisotopic (exact) mass is 221 g/mol. The lowest BCUT2D eigenvalue weighted by Gasteiger charge is -2.09. The molecule has 1 heterocycles.